The van der Waals surface area contributed by atoms with Crippen molar-refractivity contribution in [2.75, 3.05) is 38.4 Å². The Hall–Kier alpha value is -4.20. The predicted octanol–water partition coefficient (Wildman–Crippen LogP) is 4.46. The van der Waals surface area contributed by atoms with Crippen molar-refractivity contribution in [2.24, 2.45) is 0 Å². The van der Waals surface area contributed by atoms with Gasteiger partial charge in [0, 0.05) is 63.8 Å². The lowest BCUT2D eigenvalue weighted by Crippen LogP contribution is -2.44. The Labute approximate surface area is 232 Å². The number of rotatable bonds is 4. The monoisotopic (exact) mass is 538 g/mol. The highest BCUT2D eigenvalue weighted by molar-refractivity contribution is 6.04. The highest BCUT2D eigenvalue weighted by Crippen LogP contribution is 2.34. The molecule has 1 amide bonds. The standard InChI is InChI=1S/C29H27F3N6O/c1-20-5-6-22(16-21(20)8-10-25-18-33-27-4-3-11-34-38(25)27)28(39)35-24-9-7-23(26(17-24)29(30,31)32)19-37-14-12-36(2)13-15-37/h3-7,9,11,16-18H,12-15,19H2,1-2H3,(H,35,39)/i14D2,15D2,19D2. The lowest BCUT2D eigenvalue weighted by molar-refractivity contribution is -0.138. The van der Waals surface area contributed by atoms with Crippen LogP contribution in [0.2, 0.25) is 0 Å². The van der Waals surface area contributed by atoms with E-state index in [4.69, 9.17) is 8.22 Å². The van der Waals surface area contributed by atoms with E-state index in [2.05, 4.69) is 27.2 Å². The molecule has 1 fully saturated rings. The van der Waals surface area contributed by atoms with Crippen LogP contribution in [0, 0.1) is 18.8 Å². The second kappa shape index (κ2) is 10.9. The Balaban J connectivity index is 1.45. The number of anilines is 1. The third-order valence-corrected chi connectivity index (χ3v) is 5.92. The third-order valence-electron chi connectivity index (χ3n) is 5.92. The summed E-state index contributed by atoms with van der Waals surface area (Å²) in [5.74, 6) is 5.19. The fourth-order valence-electron chi connectivity index (χ4n) is 3.80. The van der Waals surface area contributed by atoms with Crippen LogP contribution in [-0.2, 0) is 12.7 Å². The Kier molecular flexibility index (Phi) is 5.53. The van der Waals surface area contributed by atoms with Gasteiger partial charge in [0.25, 0.3) is 5.91 Å². The summed E-state index contributed by atoms with van der Waals surface area (Å²) in [7, 11) is 1.43. The van der Waals surface area contributed by atoms with Crippen LogP contribution in [0.15, 0.2) is 60.9 Å². The van der Waals surface area contributed by atoms with Crippen LogP contribution in [0.1, 0.15) is 46.5 Å². The molecule has 4 aromatic rings. The van der Waals surface area contributed by atoms with E-state index in [1.54, 1.807) is 42.0 Å². The number of imidazole rings is 1. The minimum atomic E-state index is -5.12. The molecule has 0 unspecified atom stereocenters. The molecule has 0 radical (unpaired) electrons. The minimum Gasteiger partial charge on any atom is -0.322 e. The molecule has 1 saturated heterocycles. The number of likely N-dealkylation sites (N-methyl/N-ethyl adjacent to an activating group) is 1. The van der Waals surface area contributed by atoms with E-state index in [1.807, 2.05) is 0 Å². The highest BCUT2D eigenvalue weighted by atomic mass is 19.4. The maximum Gasteiger partial charge on any atom is 0.416 e. The number of aryl methyl sites for hydroxylation is 1. The van der Waals surface area contributed by atoms with Crippen LogP contribution in [-0.4, -0.2) is 63.4 Å². The lowest BCUT2D eigenvalue weighted by atomic mass is 10.0. The predicted molar refractivity (Wildman–Crippen MR) is 142 cm³/mol. The van der Waals surface area contributed by atoms with E-state index < -0.39 is 55.8 Å². The van der Waals surface area contributed by atoms with Crippen molar-refractivity contribution in [3.63, 3.8) is 0 Å². The molecule has 0 saturated carbocycles. The lowest BCUT2D eigenvalue weighted by Gasteiger charge is -2.33. The fourth-order valence-corrected chi connectivity index (χ4v) is 3.80. The van der Waals surface area contributed by atoms with E-state index in [0.29, 0.717) is 23.0 Å². The molecule has 10 heteroatoms. The molecule has 0 aliphatic carbocycles. The molecule has 39 heavy (non-hydrogen) atoms. The van der Waals surface area contributed by atoms with E-state index in [9.17, 15) is 18.0 Å². The maximum absolute atomic E-state index is 14.3. The summed E-state index contributed by atoms with van der Waals surface area (Å²) in [4.78, 5) is 18.9. The number of amides is 1. The van der Waals surface area contributed by atoms with Crippen molar-refractivity contribution in [3.8, 4) is 11.8 Å². The number of halogens is 3. The van der Waals surface area contributed by atoms with Gasteiger partial charge in [-0.2, -0.15) is 18.3 Å². The van der Waals surface area contributed by atoms with Crippen LogP contribution in [0.3, 0.4) is 0 Å². The average Bonchev–Trinajstić information content (AvgIpc) is 3.33. The molecule has 2 aromatic heterocycles. The number of aromatic nitrogens is 3. The maximum atomic E-state index is 14.3. The number of fused-ring (bicyclic) bond motifs is 1. The van der Waals surface area contributed by atoms with Gasteiger partial charge in [0.15, 0.2) is 5.65 Å². The number of piperazine rings is 1. The number of alkyl halides is 3. The van der Waals surface area contributed by atoms with Gasteiger partial charge in [0.1, 0.15) is 5.69 Å². The molecule has 200 valence electrons. The van der Waals surface area contributed by atoms with Crippen LogP contribution in [0.5, 0.6) is 0 Å². The largest absolute Gasteiger partial charge is 0.416 e. The molecule has 0 atom stereocenters. The fraction of sp³-hybridized carbons (Fsp3) is 0.276. The van der Waals surface area contributed by atoms with Crippen molar-refractivity contribution in [1.82, 2.24) is 24.4 Å². The van der Waals surface area contributed by atoms with E-state index in [-0.39, 0.29) is 16.2 Å². The number of benzene rings is 2. The number of nitrogens with one attached hydrogen (secondary N) is 1. The molecule has 1 aliphatic heterocycles. The molecule has 0 spiro atoms. The summed E-state index contributed by atoms with van der Waals surface area (Å²) < 4.78 is 94.8. The van der Waals surface area contributed by atoms with Crippen LogP contribution < -0.4 is 5.32 Å². The molecule has 0 bridgehead atoms. The molecule has 1 N–H and O–H groups in total. The zero-order valence-corrected chi connectivity index (χ0v) is 21.0. The van der Waals surface area contributed by atoms with Crippen molar-refractivity contribution in [2.45, 2.75) is 19.6 Å². The van der Waals surface area contributed by atoms with Gasteiger partial charge < -0.3 is 10.2 Å². The number of hydrogen-bond acceptors (Lipinski definition) is 5. The first kappa shape index (κ1) is 19.8. The van der Waals surface area contributed by atoms with Crippen molar-refractivity contribution in [3.05, 3.63) is 94.4 Å². The third kappa shape index (κ3) is 6.11. The van der Waals surface area contributed by atoms with Crippen LogP contribution in [0.4, 0.5) is 18.9 Å². The van der Waals surface area contributed by atoms with Gasteiger partial charge in [0.2, 0.25) is 0 Å². The molecule has 5 rings (SSSR count). The van der Waals surface area contributed by atoms with Gasteiger partial charge in [0.05, 0.1) is 11.8 Å². The number of hydrogen-bond donors (Lipinski definition) is 1. The SMILES string of the molecule is [2H]C1([2H])CN(C)CC([2H])([2H])N1C([2H])([2H])c1ccc(NC(=O)c2ccc(C)c(C#Cc3cnc4cccnn34)c2)cc1C(F)(F)F. The highest BCUT2D eigenvalue weighted by Gasteiger charge is 2.34. The summed E-state index contributed by atoms with van der Waals surface area (Å²) in [5, 5.41) is 6.61. The first-order valence-electron chi connectivity index (χ1n) is 14.8. The number of nitrogens with zero attached hydrogens (tertiary/aromatic N) is 5. The van der Waals surface area contributed by atoms with Gasteiger partial charge in [-0.1, -0.05) is 18.1 Å². The number of carbonyl (C=O) groups excluding carboxylic acids is 1. The first-order chi connectivity index (χ1) is 20.9. The topological polar surface area (TPSA) is 65.8 Å². The molecule has 1 aliphatic rings. The van der Waals surface area contributed by atoms with E-state index >= 15 is 0 Å². The first-order valence-corrected chi connectivity index (χ1v) is 11.8. The van der Waals surface area contributed by atoms with Gasteiger partial charge in [-0.15, -0.1) is 0 Å². The van der Waals surface area contributed by atoms with Crippen LogP contribution in [0.25, 0.3) is 5.65 Å². The molecule has 2 aromatic carbocycles. The summed E-state index contributed by atoms with van der Waals surface area (Å²) in [5.41, 5.74) is -0.302. The Morgan fingerprint density at radius 3 is 2.72 bits per heavy atom. The smallest absolute Gasteiger partial charge is 0.322 e. The van der Waals surface area contributed by atoms with Crippen molar-refractivity contribution < 1.29 is 26.2 Å². The second-order valence-corrected chi connectivity index (χ2v) is 8.86. The summed E-state index contributed by atoms with van der Waals surface area (Å²) >= 11 is 0. The summed E-state index contributed by atoms with van der Waals surface area (Å²) in [6, 6.07) is 10.5. The Bertz CT molecular complexity index is 1830. The zero-order chi connectivity index (χ0) is 32.9. The summed E-state index contributed by atoms with van der Waals surface area (Å²) in [6.45, 7) is -7.60. The molecular weight excluding hydrogens is 505 g/mol. The quantitative estimate of drug-likeness (QED) is 0.389. The molecular formula is C29H27F3N6O. The second-order valence-electron chi connectivity index (χ2n) is 8.86. The number of carbonyl (C=O) groups is 1. The Morgan fingerprint density at radius 1 is 1.15 bits per heavy atom. The van der Waals surface area contributed by atoms with Crippen molar-refractivity contribution in [1.29, 1.82) is 0 Å². The van der Waals surface area contributed by atoms with Gasteiger partial charge in [-0.25, -0.2) is 9.50 Å². The normalized spacial score (nSPS) is 19.9. The average molecular weight is 539 g/mol. The molecule has 3 heterocycles. The Morgan fingerprint density at radius 2 is 1.95 bits per heavy atom. The van der Waals surface area contributed by atoms with E-state index in [0.717, 1.165) is 17.7 Å². The van der Waals surface area contributed by atoms with E-state index in [1.165, 1.54) is 24.1 Å². The van der Waals surface area contributed by atoms with Gasteiger partial charge in [-0.05, 0) is 67.4 Å². The van der Waals surface area contributed by atoms with Gasteiger partial charge >= 0.3 is 6.18 Å². The summed E-state index contributed by atoms with van der Waals surface area (Å²) in [6.07, 6.45) is -1.98. The molecule has 7 nitrogen and oxygen atoms in total. The zero-order valence-electron chi connectivity index (χ0n) is 27.0. The van der Waals surface area contributed by atoms with Crippen LogP contribution >= 0.6 is 0 Å². The van der Waals surface area contributed by atoms with Gasteiger partial charge in [-0.3, -0.25) is 9.69 Å². The van der Waals surface area contributed by atoms with Crippen molar-refractivity contribution >= 4 is 17.2 Å². The minimum absolute atomic E-state index is 0.105.